The van der Waals surface area contributed by atoms with Crippen molar-refractivity contribution in [2.45, 2.75) is 24.8 Å². The lowest BCUT2D eigenvalue weighted by Crippen LogP contribution is -2.53. The number of urea groups is 1. The highest BCUT2D eigenvalue weighted by Crippen LogP contribution is 2.27. The molecule has 8 nitrogen and oxygen atoms in total. The molecule has 0 atom stereocenters. The number of benzene rings is 1. The van der Waals surface area contributed by atoms with Gasteiger partial charge in [-0.25, -0.2) is 4.79 Å². The molecule has 4 N–H and O–H groups in total. The highest BCUT2D eigenvalue weighted by molar-refractivity contribution is 6.07. The zero-order chi connectivity index (χ0) is 17.9. The highest BCUT2D eigenvalue weighted by Gasteiger charge is 2.50. The largest absolute Gasteiger partial charge is 0.494 e. The van der Waals surface area contributed by atoms with E-state index in [2.05, 4.69) is 10.6 Å². The van der Waals surface area contributed by atoms with Gasteiger partial charge in [0.05, 0.1) is 6.61 Å². The lowest BCUT2D eigenvalue weighted by molar-refractivity contribution is -0.132. The van der Waals surface area contributed by atoms with Crippen molar-refractivity contribution < 1.29 is 19.1 Å². The van der Waals surface area contributed by atoms with Crippen LogP contribution in [0.1, 0.15) is 29.6 Å². The van der Waals surface area contributed by atoms with E-state index >= 15 is 0 Å². The third kappa shape index (κ3) is 3.58. The molecule has 1 aromatic rings. The molecule has 1 spiro atoms. The number of hydrogen-bond donors (Lipinski definition) is 3. The molecule has 1 aromatic carbocycles. The van der Waals surface area contributed by atoms with E-state index < -0.39 is 11.4 Å². The van der Waals surface area contributed by atoms with Crippen molar-refractivity contribution in [1.82, 2.24) is 15.5 Å². The first-order chi connectivity index (χ1) is 12.0. The minimum absolute atomic E-state index is 0.134. The number of carbonyl (C=O) groups is 3. The SMILES string of the molecule is NC(=O)c1ccc(OCCCN2C(=O)NC3(CCNCC3)C2=O)cc1. The number of nitrogens with zero attached hydrogens (tertiary/aromatic N) is 1. The van der Waals surface area contributed by atoms with Gasteiger partial charge in [-0.1, -0.05) is 0 Å². The molecule has 25 heavy (non-hydrogen) atoms. The Labute approximate surface area is 145 Å². The first-order valence-electron chi connectivity index (χ1n) is 8.39. The second-order valence-electron chi connectivity index (χ2n) is 6.31. The smallest absolute Gasteiger partial charge is 0.325 e. The number of ether oxygens (including phenoxy) is 1. The van der Waals surface area contributed by atoms with E-state index in [4.69, 9.17) is 10.5 Å². The van der Waals surface area contributed by atoms with Gasteiger partial charge in [0.25, 0.3) is 5.91 Å². The molecule has 0 radical (unpaired) electrons. The minimum atomic E-state index is -0.728. The molecule has 0 unspecified atom stereocenters. The fourth-order valence-corrected chi connectivity index (χ4v) is 3.20. The van der Waals surface area contributed by atoms with Gasteiger partial charge in [0.1, 0.15) is 11.3 Å². The molecule has 3 rings (SSSR count). The Bertz CT molecular complexity index is 668. The maximum absolute atomic E-state index is 12.6. The molecule has 2 heterocycles. The highest BCUT2D eigenvalue weighted by atomic mass is 16.5. The monoisotopic (exact) mass is 346 g/mol. The van der Waals surface area contributed by atoms with Crippen molar-refractivity contribution in [3.05, 3.63) is 29.8 Å². The van der Waals surface area contributed by atoms with Crippen molar-refractivity contribution in [1.29, 1.82) is 0 Å². The number of nitrogens with one attached hydrogen (secondary N) is 2. The molecular formula is C17H22N4O4. The second-order valence-corrected chi connectivity index (χ2v) is 6.31. The minimum Gasteiger partial charge on any atom is -0.494 e. The first-order valence-corrected chi connectivity index (χ1v) is 8.39. The number of imide groups is 1. The van der Waals surface area contributed by atoms with Crippen molar-refractivity contribution in [2.75, 3.05) is 26.2 Å². The summed E-state index contributed by atoms with van der Waals surface area (Å²) in [6.07, 6.45) is 1.78. The van der Waals surface area contributed by atoms with Gasteiger partial charge in [0, 0.05) is 12.1 Å². The number of piperidine rings is 1. The molecule has 0 bridgehead atoms. The molecular weight excluding hydrogens is 324 g/mol. The molecule has 2 aliphatic heterocycles. The van der Waals surface area contributed by atoms with Crippen LogP contribution in [0.2, 0.25) is 0 Å². The molecule has 2 fully saturated rings. The Hall–Kier alpha value is -2.61. The molecule has 0 saturated carbocycles. The topological polar surface area (TPSA) is 114 Å². The van der Waals surface area contributed by atoms with Crippen LogP contribution in [0.4, 0.5) is 4.79 Å². The standard InChI is InChI=1S/C17H22N4O4/c18-14(22)12-2-4-13(5-3-12)25-11-1-10-21-15(23)17(20-16(21)24)6-8-19-9-7-17/h2-5,19H,1,6-11H2,(H2,18,22)(H,20,24). The lowest BCUT2D eigenvalue weighted by Gasteiger charge is -2.31. The van der Waals surface area contributed by atoms with E-state index in [9.17, 15) is 14.4 Å². The quantitative estimate of drug-likeness (QED) is 0.504. The summed E-state index contributed by atoms with van der Waals surface area (Å²) in [5.41, 5.74) is 4.87. The van der Waals surface area contributed by atoms with Gasteiger partial charge in [-0.05, 0) is 56.6 Å². The van der Waals surface area contributed by atoms with E-state index in [0.717, 1.165) is 13.1 Å². The maximum atomic E-state index is 12.6. The summed E-state index contributed by atoms with van der Waals surface area (Å²) in [6.45, 7) is 2.13. The molecule has 0 aromatic heterocycles. The number of nitrogens with two attached hydrogens (primary N) is 1. The van der Waals surface area contributed by atoms with Gasteiger partial charge >= 0.3 is 6.03 Å². The van der Waals surface area contributed by atoms with Gasteiger partial charge in [0.15, 0.2) is 0 Å². The zero-order valence-electron chi connectivity index (χ0n) is 13.9. The van der Waals surface area contributed by atoms with Crippen LogP contribution in [0, 0.1) is 0 Å². The Balaban J connectivity index is 1.48. The summed E-state index contributed by atoms with van der Waals surface area (Å²) >= 11 is 0. The predicted octanol–water partition coefficient (Wildman–Crippen LogP) is 0.228. The third-order valence-corrected chi connectivity index (χ3v) is 4.64. The normalized spacial score (nSPS) is 19.1. The van der Waals surface area contributed by atoms with Gasteiger partial charge < -0.3 is 21.1 Å². The van der Waals surface area contributed by atoms with Gasteiger partial charge in [0.2, 0.25) is 5.91 Å². The van der Waals surface area contributed by atoms with E-state index in [1.165, 1.54) is 4.90 Å². The summed E-state index contributed by atoms with van der Waals surface area (Å²) in [6, 6.07) is 6.19. The number of amides is 4. The van der Waals surface area contributed by atoms with E-state index in [0.29, 0.717) is 43.7 Å². The Kier molecular flexibility index (Phi) is 4.89. The molecule has 2 aliphatic rings. The summed E-state index contributed by atoms with van der Waals surface area (Å²) in [4.78, 5) is 37.0. The summed E-state index contributed by atoms with van der Waals surface area (Å²) in [5, 5.41) is 6.05. The van der Waals surface area contributed by atoms with Crippen molar-refractivity contribution in [3.8, 4) is 5.75 Å². The summed E-state index contributed by atoms with van der Waals surface area (Å²) in [5.74, 6) is -0.0150. The van der Waals surface area contributed by atoms with Crippen molar-refractivity contribution >= 4 is 17.8 Å². The average molecular weight is 346 g/mol. The van der Waals surface area contributed by atoms with Crippen LogP contribution in [0.3, 0.4) is 0 Å². The molecule has 2 saturated heterocycles. The van der Waals surface area contributed by atoms with E-state index in [1.807, 2.05) is 0 Å². The van der Waals surface area contributed by atoms with Crippen LogP contribution < -0.4 is 21.1 Å². The number of hydrogen-bond acceptors (Lipinski definition) is 5. The molecule has 4 amide bonds. The lowest BCUT2D eigenvalue weighted by atomic mass is 9.88. The van der Waals surface area contributed by atoms with Gasteiger partial charge in [-0.3, -0.25) is 14.5 Å². The van der Waals surface area contributed by atoms with Crippen molar-refractivity contribution in [3.63, 3.8) is 0 Å². The zero-order valence-corrected chi connectivity index (χ0v) is 13.9. The van der Waals surface area contributed by atoms with Crippen LogP contribution in [0.5, 0.6) is 5.75 Å². The Morgan fingerprint density at radius 2 is 1.88 bits per heavy atom. The van der Waals surface area contributed by atoms with E-state index in [1.54, 1.807) is 24.3 Å². The Morgan fingerprint density at radius 3 is 2.52 bits per heavy atom. The summed E-state index contributed by atoms with van der Waals surface area (Å²) < 4.78 is 5.58. The molecule has 8 heteroatoms. The third-order valence-electron chi connectivity index (χ3n) is 4.64. The van der Waals surface area contributed by atoms with E-state index in [-0.39, 0.29) is 11.9 Å². The fraction of sp³-hybridized carbons (Fsp3) is 0.471. The van der Waals surface area contributed by atoms with Crippen molar-refractivity contribution in [2.24, 2.45) is 5.73 Å². The van der Waals surface area contributed by atoms with Crippen LogP contribution >= 0.6 is 0 Å². The fourth-order valence-electron chi connectivity index (χ4n) is 3.20. The number of carbonyl (C=O) groups excluding carboxylic acids is 3. The predicted molar refractivity (Wildman–Crippen MR) is 90.2 cm³/mol. The average Bonchev–Trinajstić information content (AvgIpc) is 2.83. The second kappa shape index (κ2) is 7.10. The maximum Gasteiger partial charge on any atom is 0.325 e. The van der Waals surface area contributed by atoms with Gasteiger partial charge in [-0.15, -0.1) is 0 Å². The first kappa shape index (κ1) is 17.2. The van der Waals surface area contributed by atoms with Crippen LogP contribution in [-0.4, -0.2) is 54.5 Å². The molecule has 0 aliphatic carbocycles. The van der Waals surface area contributed by atoms with Gasteiger partial charge in [-0.2, -0.15) is 0 Å². The number of rotatable bonds is 6. The Morgan fingerprint density at radius 1 is 1.20 bits per heavy atom. The van der Waals surface area contributed by atoms with Crippen LogP contribution in [0.25, 0.3) is 0 Å². The molecule has 134 valence electrons. The van der Waals surface area contributed by atoms with Crippen LogP contribution in [-0.2, 0) is 4.79 Å². The van der Waals surface area contributed by atoms with Crippen LogP contribution in [0.15, 0.2) is 24.3 Å². The summed E-state index contributed by atoms with van der Waals surface area (Å²) in [7, 11) is 0. The number of primary amides is 1.